The number of ketones is 2. The summed E-state index contributed by atoms with van der Waals surface area (Å²) in [6.07, 6.45) is 12.4. The third-order valence-electron chi connectivity index (χ3n) is 7.60. The Balaban J connectivity index is 1.82. The Morgan fingerprint density at radius 3 is 2.70 bits per heavy atom. The molecule has 0 aliphatic heterocycles. The van der Waals surface area contributed by atoms with Crippen molar-refractivity contribution >= 4 is 11.6 Å². The van der Waals surface area contributed by atoms with E-state index in [1.165, 1.54) is 16.7 Å². The molecule has 0 N–H and O–H groups in total. The zero-order valence-corrected chi connectivity index (χ0v) is 14.4. The molecule has 1 saturated carbocycles. The van der Waals surface area contributed by atoms with Crippen LogP contribution in [0.1, 0.15) is 59.3 Å². The summed E-state index contributed by atoms with van der Waals surface area (Å²) in [5, 5.41) is 0. The van der Waals surface area contributed by atoms with Gasteiger partial charge in [0.1, 0.15) is 5.78 Å². The Kier molecular flexibility index (Phi) is 3.14. The molecular formula is C21H26O2. The van der Waals surface area contributed by atoms with Gasteiger partial charge in [-0.2, -0.15) is 0 Å². The van der Waals surface area contributed by atoms with Crippen LogP contribution in [0.25, 0.3) is 0 Å². The molecule has 1 fully saturated rings. The maximum Gasteiger partial charge on any atom is 0.156 e. The summed E-state index contributed by atoms with van der Waals surface area (Å²) in [6.45, 7) is 6.24. The van der Waals surface area contributed by atoms with E-state index in [-0.39, 0.29) is 16.6 Å². The Morgan fingerprint density at radius 2 is 1.96 bits per heavy atom. The zero-order chi connectivity index (χ0) is 16.4. The van der Waals surface area contributed by atoms with Gasteiger partial charge >= 0.3 is 0 Å². The molecule has 0 bridgehead atoms. The quantitative estimate of drug-likeness (QED) is 0.711. The van der Waals surface area contributed by atoms with Crippen LogP contribution in [0.4, 0.5) is 0 Å². The van der Waals surface area contributed by atoms with Gasteiger partial charge in [0.2, 0.25) is 0 Å². The van der Waals surface area contributed by atoms with Crippen molar-refractivity contribution in [2.45, 2.75) is 59.3 Å². The van der Waals surface area contributed by atoms with E-state index in [0.717, 1.165) is 32.1 Å². The maximum atomic E-state index is 12.4. The molecule has 23 heavy (non-hydrogen) atoms. The van der Waals surface area contributed by atoms with Crippen molar-refractivity contribution in [3.05, 3.63) is 34.9 Å². The summed E-state index contributed by atoms with van der Waals surface area (Å²) in [4.78, 5) is 24.1. The molecule has 0 saturated heterocycles. The largest absolute Gasteiger partial charge is 0.299 e. The highest BCUT2D eigenvalue weighted by atomic mass is 16.1. The molecule has 0 heterocycles. The molecule has 2 heteroatoms. The fraction of sp³-hybridized carbons (Fsp3) is 0.619. The van der Waals surface area contributed by atoms with E-state index in [2.05, 4.69) is 26.0 Å². The number of carbonyl (C=O) groups excluding carboxylic acids is 2. The number of Topliss-reactive ketones (excluding diaryl/α,β-unsaturated/α-hetero) is 1. The van der Waals surface area contributed by atoms with E-state index in [1.54, 1.807) is 6.92 Å². The van der Waals surface area contributed by atoms with Gasteiger partial charge in [-0.3, -0.25) is 9.59 Å². The molecule has 0 radical (unpaired) electrons. The second-order valence-electron chi connectivity index (χ2n) is 8.36. The van der Waals surface area contributed by atoms with E-state index >= 15 is 0 Å². The van der Waals surface area contributed by atoms with Crippen LogP contribution in [0.5, 0.6) is 0 Å². The topological polar surface area (TPSA) is 34.1 Å². The van der Waals surface area contributed by atoms with E-state index in [0.29, 0.717) is 24.0 Å². The minimum absolute atomic E-state index is 0.0146. The third kappa shape index (κ3) is 1.87. The number of rotatable bonds is 1. The van der Waals surface area contributed by atoms with Gasteiger partial charge in [-0.05, 0) is 73.7 Å². The van der Waals surface area contributed by atoms with Crippen LogP contribution in [-0.4, -0.2) is 11.6 Å². The van der Waals surface area contributed by atoms with Crippen LogP contribution in [0.15, 0.2) is 34.9 Å². The molecule has 2 nitrogen and oxygen atoms in total. The van der Waals surface area contributed by atoms with E-state index in [9.17, 15) is 9.59 Å². The molecule has 0 aromatic carbocycles. The molecule has 0 spiro atoms. The van der Waals surface area contributed by atoms with Crippen molar-refractivity contribution in [2.75, 3.05) is 0 Å². The highest BCUT2D eigenvalue weighted by Gasteiger charge is 2.59. The van der Waals surface area contributed by atoms with Gasteiger partial charge in [0.15, 0.2) is 5.78 Å². The Hall–Kier alpha value is -1.44. The average molecular weight is 310 g/mol. The van der Waals surface area contributed by atoms with Crippen molar-refractivity contribution < 1.29 is 9.59 Å². The van der Waals surface area contributed by atoms with Crippen molar-refractivity contribution in [1.29, 1.82) is 0 Å². The van der Waals surface area contributed by atoms with Crippen LogP contribution in [0.2, 0.25) is 0 Å². The summed E-state index contributed by atoms with van der Waals surface area (Å²) in [5.41, 5.74) is 3.97. The number of allylic oxidation sites excluding steroid dienone is 6. The molecule has 4 rings (SSSR count). The highest BCUT2D eigenvalue weighted by molar-refractivity contribution is 5.93. The van der Waals surface area contributed by atoms with Crippen molar-refractivity contribution in [2.24, 2.45) is 22.7 Å². The fourth-order valence-electron chi connectivity index (χ4n) is 5.81. The first kappa shape index (κ1) is 15.1. The number of fused-ring (bicyclic) bond motifs is 4. The van der Waals surface area contributed by atoms with Gasteiger partial charge in [-0.1, -0.05) is 26.0 Å². The monoisotopic (exact) mass is 310 g/mol. The highest BCUT2D eigenvalue weighted by Crippen LogP contribution is 2.64. The average Bonchev–Trinajstić information content (AvgIpc) is 2.80. The zero-order valence-electron chi connectivity index (χ0n) is 14.4. The summed E-state index contributed by atoms with van der Waals surface area (Å²) in [5.74, 6) is 1.77. The minimum atomic E-state index is -0.219. The number of hydrogen-bond acceptors (Lipinski definition) is 2. The van der Waals surface area contributed by atoms with Crippen molar-refractivity contribution in [3.8, 4) is 0 Å². The van der Waals surface area contributed by atoms with Crippen LogP contribution < -0.4 is 0 Å². The summed E-state index contributed by atoms with van der Waals surface area (Å²) in [7, 11) is 0. The summed E-state index contributed by atoms with van der Waals surface area (Å²) in [6, 6.07) is 0. The predicted octanol–water partition coefficient (Wildman–Crippen LogP) is 4.56. The molecule has 4 aliphatic rings. The molecule has 122 valence electrons. The van der Waals surface area contributed by atoms with Crippen LogP contribution in [-0.2, 0) is 9.59 Å². The van der Waals surface area contributed by atoms with Crippen molar-refractivity contribution in [1.82, 2.24) is 0 Å². The molecular weight excluding hydrogens is 284 g/mol. The van der Waals surface area contributed by atoms with Gasteiger partial charge in [0, 0.05) is 17.3 Å². The van der Waals surface area contributed by atoms with Crippen LogP contribution in [0.3, 0.4) is 0 Å². The second kappa shape index (κ2) is 4.78. The normalized spacial score (nSPS) is 42.0. The first-order valence-electron chi connectivity index (χ1n) is 9.04. The molecule has 0 aromatic rings. The lowest BCUT2D eigenvalue weighted by atomic mass is 9.55. The number of carbonyl (C=O) groups is 2. The third-order valence-corrected chi connectivity index (χ3v) is 7.60. The van der Waals surface area contributed by atoms with Crippen LogP contribution >= 0.6 is 0 Å². The lowest BCUT2D eigenvalue weighted by Gasteiger charge is -2.48. The maximum absolute atomic E-state index is 12.4. The van der Waals surface area contributed by atoms with E-state index in [1.807, 2.05) is 6.08 Å². The van der Waals surface area contributed by atoms with Crippen LogP contribution in [0, 0.1) is 22.7 Å². The van der Waals surface area contributed by atoms with Gasteiger partial charge in [0.05, 0.1) is 0 Å². The first-order valence-corrected chi connectivity index (χ1v) is 9.04. The second-order valence-corrected chi connectivity index (χ2v) is 8.36. The van der Waals surface area contributed by atoms with Crippen molar-refractivity contribution in [3.63, 3.8) is 0 Å². The minimum Gasteiger partial charge on any atom is -0.299 e. The number of hydrogen-bond donors (Lipinski definition) is 0. The Morgan fingerprint density at radius 1 is 1.17 bits per heavy atom. The molecule has 4 aliphatic carbocycles. The molecule has 3 unspecified atom stereocenters. The van der Waals surface area contributed by atoms with Gasteiger partial charge in [-0.25, -0.2) is 0 Å². The SMILES string of the molecule is CC(=O)[C@@]1(C)CCC2C3CCC4=CC(=O)CCC4=C3C=CC21C. The van der Waals surface area contributed by atoms with Gasteiger partial charge < -0.3 is 0 Å². The van der Waals surface area contributed by atoms with Gasteiger partial charge in [0.25, 0.3) is 0 Å². The Bertz CT molecular complexity index is 693. The Labute approximate surface area is 138 Å². The molecule has 0 aromatic heterocycles. The van der Waals surface area contributed by atoms with E-state index in [4.69, 9.17) is 0 Å². The fourth-order valence-corrected chi connectivity index (χ4v) is 5.81. The predicted molar refractivity (Wildman–Crippen MR) is 90.8 cm³/mol. The van der Waals surface area contributed by atoms with Gasteiger partial charge in [-0.15, -0.1) is 0 Å². The molecule has 0 amide bonds. The first-order chi connectivity index (χ1) is 10.9. The van der Waals surface area contributed by atoms with E-state index < -0.39 is 0 Å². The lowest BCUT2D eigenvalue weighted by molar-refractivity contribution is -0.130. The summed E-state index contributed by atoms with van der Waals surface area (Å²) < 4.78 is 0. The standard InChI is InChI=1S/C21H26O2/c1-13(22)20(2)11-9-19-18-6-4-14-12-15(23)5-7-16(14)17(18)8-10-21(19,20)3/h8,10,12,18-19H,4-7,9,11H2,1-3H3/t18?,19?,20-,21?/m1/s1. The lowest BCUT2D eigenvalue weighted by Crippen LogP contribution is -2.45. The summed E-state index contributed by atoms with van der Waals surface area (Å²) >= 11 is 0. The smallest absolute Gasteiger partial charge is 0.156 e. The molecule has 4 atom stereocenters.